The second-order valence-electron chi connectivity index (χ2n) is 8.79. The Hall–Kier alpha value is -1.57. The predicted molar refractivity (Wildman–Crippen MR) is 107 cm³/mol. The summed E-state index contributed by atoms with van der Waals surface area (Å²) in [7, 11) is 0. The SMILES string of the molecule is Cc1nc2sc3c(c2c2nc(CN4CCC(C)CC4)nn12)CC(C)(C)OC3. The number of rotatable bonds is 2. The van der Waals surface area contributed by atoms with E-state index in [-0.39, 0.29) is 5.60 Å². The van der Waals surface area contributed by atoms with Crippen LogP contribution in [0.2, 0.25) is 0 Å². The van der Waals surface area contributed by atoms with Crippen molar-refractivity contribution in [2.24, 2.45) is 5.92 Å². The van der Waals surface area contributed by atoms with Crippen molar-refractivity contribution in [1.82, 2.24) is 24.5 Å². The van der Waals surface area contributed by atoms with Crippen molar-refractivity contribution >= 4 is 27.2 Å². The number of hydrogen-bond donors (Lipinski definition) is 0. The molecule has 2 aliphatic rings. The van der Waals surface area contributed by atoms with Gasteiger partial charge < -0.3 is 4.74 Å². The van der Waals surface area contributed by atoms with Gasteiger partial charge in [-0.1, -0.05) is 6.92 Å². The van der Waals surface area contributed by atoms with Gasteiger partial charge in [0.05, 0.1) is 24.1 Å². The number of fused-ring (bicyclic) bond motifs is 5. The maximum Gasteiger partial charge on any atom is 0.168 e. The van der Waals surface area contributed by atoms with Gasteiger partial charge in [-0.3, -0.25) is 4.90 Å². The fourth-order valence-electron chi connectivity index (χ4n) is 4.27. The Morgan fingerprint density at radius 3 is 2.78 bits per heavy atom. The summed E-state index contributed by atoms with van der Waals surface area (Å²) in [5.41, 5.74) is 2.18. The number of aromatic nitrogens is 4. The smallest absolute Gasteiger partial charge is 0.168 e. The van der Waals surface area contributed by atoms with E-state index in [1.807, 2.05) is 11.4 Å². The molecule has 0 spiro atoms. The topological polar surface area (TPSA) is 55.6 Å². The van der Waals surface area contributed by atoms with Gasteiger partial charge in [0.2, 0.25) is 0 Å². The maximum absolute atomic E-state index is 6.01. The summed E-state index contributed by atoms with van der Waals surface area (Å²) >= 11 is 1.75. The summed E-state index contributed by atoms with van der Waals surface area (Å²) in [6.45, 7) is 12.5. The maximum atomic E-state index is 6.01. The molecule has 0 saturated carbocycles. The molecule has 1 fully saturated rings. The zero-order chi connectivity index (χ0) is 18.8. The molecule has 0 bridgehead atoms. The van der Waals surface area contributed by atoms with Crippen LogP contribution in [0.25, 0.3) is 15.9 Å². The minimum atomic E-state index is -0.143. The fraction of sp³-hybridized carbons (Fsp3) is 0.650. The van der Waals surface area contributed by atoms with E-state index in [9.17, 15) is 0 Å². The van der Waals surface area contributed by atoms with E-state index >= 15 is 0 Å². The Balaban J connectivity index is 1.58. The molecule has 0 atom stereocenters. The number of likely N-dealkylation sites (tertiary alicyclic amines) is 1. The van der Waals surface area contributed by atoms with Gasteiger partial charge >= 0.3 is 0 Å². The Morgan fingerprint density at radius 2 is 2.00 bits per heavy atom. The molecule has 0 amide bonds. The van der Waals surface area contributed by atoms with Gasteiger partial charge in [-0.25, -0.2) is 9.97 Å². The van der Waals surface area contributed by atoms with Crippen LogP contribution < -0.4 is 0 Å². The molecule has 2 aliphatic heterocycles. The van der Waals surface area contributed by atoms with Crippen LogP contribution in [-0.4, -0.2) is 43.2 Å². The lowest BCUT2D eigenvalue weighted by molar-refractivity contribution is -0.0379. The average Bonchev–Trinajstić information content (AvgIpc) is 3.17. The first-order valence-corrected chi connectivity index (χ1v) is 10.7. The first kappa shape index (κ1) is 17.5. The standard InChI is InChI=1S/C20H27N5OS/c1-12-5-7-24(8-6-12)10-16-22-18-17-14-9-20(3,4)26-11-15(14)27-19(17)21-13(2)25(18)23-16/h12H,5-11H2,1-4H3. The molecule has 3 aromatic heterocycles. The van der Waals surface area contributed by atoms with E-state index in [0.29, 0.717) is 6.61 Å². The first-order chi connectivity index (χ1) is 12.9. The average molecular weight is 386 g/mol. The molecule has 1 saturated heterocycles. The third kappa shape index (κ3) is 3.05. The van der Waals surface area contributed by atoms with Gasteiger partial charge in [-0.05, 0) is 58.2 Å². The van der Waals surface area contributed by atoms with Crippen molar-refractivity contribution in [2.75, 3.05) is 13.1 Å². The summed E-state index contributed by atoms with van der Waals surface area (Å²) < 4.78 is 7.96. The second kappa shape index (κ2) is 6.22. The summed E-state index contributed by atoms with van der Waals surface area (Å²) in [6.07, 6.45) is 3.44. The minimum absolute atomic E-state index is 0.143. The normalized spacial score (nSPS) is 21.2. The van der Waals surface area contributed by atoms with Crippen LogP contribution in [-0.2, 0) is 24.3 Å². The van der Waals surface area contributed by atoms with Crippen molar-refractivity contribution in [3.8, 4) is 0 Å². The van der Waals surface area contributed by atoms with Gasteiger partial charge in [0.25, 0.3) is 0 Å². The number of ether oxygens (including phenoxy) is 1. The molecule has 5 rings (SSSR count). The van der Waals surface area contributed by atoms with Crippen molar-refractivity contribution in [3.63, 3.8) is 0 Å². The molecule has 144 valence electrons. The zero-order valence-corrected chi connectivity index (χ0v) is 17.4. The third-order valence-electron chi connectivity index (χ3n) is 5.95. The predicted octanol–water partition coefficient (Wildman–Crippen LogP) is 3.73. The van der Waals surface area contributed by atoms with Gasteiger partial charge in [-0.15, -0.1) is 16.4 Å². The molecule has 0 N–H and O–H groups in total. The summed E-state index contributed by atoms with van der Waals surface area (Å²) in [5, 5.41) is 6.00. The molecular formula is C20H27N5OS. The Bertz CT molecular complexity index is 1010. The molecular weight excluding hydrogens is 358 g/mol. The van der Waals surface area contributed by atoms with Crippen molar-refractivity contribution < 1.29 is 4.74 Å². The summed E-state index contributed by atoms with van der Waals surface area (Å²) in [6, 6.07) is 0. The van der Waals surface area contributed by atoms with E-state index in [4.69, 9.17) is 19.8 Å². The highest BCUT2D eigenvalue weighted by molar-refractivity contribution is 7.19. The number of aryl methyl sites for hydroxylation is 1. The van der Waals surface area contributed by atoms with E-state index in [1.54, 1.807) is 11.3 Å². The van der Waals surface area contributed by atoms with Crippen LogP contribution >= 0.6 is 11.3 Å². The molecule has 0 radical (unpaired) electrons. The number of piperidine rings is 1. The van der Waals surface area contributed by atoms with Gasteiger partial charge in [-0.2, -0.15) is 4.52 Å². The van der Waals surface area contributed by atoms with Crippen LogP contribution in [0, 0.1) is 12.8 Å². The molecule has 0 aromatic carbocycles. The highest BCUT2D eigenvalue weighted by Gasteiger charge is 2.31. The molecule has 5 heterocycles. The number of thiophene rings is 1. The van der Waals surface area contributed by atoms with Crippen LogP contribution in [0.4, 0.5) is 0 Å². The lowest BCUT2D eigenvalue weighted by atomic mass is 9.94. The van der Waals surface area contributed by atoms with Gasteiger partial charge in [0, 0.05) is 11.3 Å². The van der Waals surface area contributed by atoms with E-state index < -0.39 is 0 Å². The van der Waals surface area contributed by atoms with Gasteiger partial charge in [0.15, 0.2) is 11.5 Å². The highest BCUT2D eigenvalue weighted by atomic mass is 32.1. The lowest BCUT2D eigenvalue weighted by Gasteiger charge is -2.30. The lowest BCUT2D eigenvalue weighted by Crippen LogP contribution is -2.32. The molecule has 3 aromatic rings. The summed E-state index contributed by atoms with van der Waals surface area (Å²) in [4.78, 5) is 14.7. The largest absolute Gasteiger partial charge is 0.370 e. The van der Waals surface area contributed by atoms with Crippen LogP contribution in [0.15, 0.2) is 0 Å². The van der Waals surface area contributed by atoms with E-state index in [0.717, 1.165) is 54.1 Å². The van der Waals surface area contributed by atoms with Crippen LogP contribution in [0.5, 0.6) is 0 Å². The Labute approximate surface area is 163 Å². The monoisotopic (exact) mass is 385 g/mol. The van der Waals surface area contributed by atoms with Gasteiger partial charge in [0.1, 0.15) is 10.7 Å². The first-order valence-electron chi connectivity index (χ1n) is 9.92. The molecule has 27 heavy (non-hydrogen) atoms. The quantitative estimate of drug-likeness (QED) is 0.673. The summed E-state index contributed by atoms with van der Waals surface area (Å²) in [5.74, 6) is 2.65. The Kier molecular flexibility index (Phi) is 4.04. The second-order valence-corrected chi connectivity index (χ2v) is 9.87. The van der Waals surface area contributed by atoms with Crippen LogP contribution in [0.1, 0.15) is 55.7 Å². The minimum Gasteiger partial charge on any atom is -0.370 e. The van der Waals surface area contributed by atoms with Crippen LogP contribution in [0.3, 0.4) is 0 Å². The zero-order valence-electron chi connectivity index (χ0n) is 16.6. The number of nitrogens with zero attached hydrogens (tertiary/aromatic N) is 5. The third-order valence-corrected chi connectivity index (χ3v) is 7.05. The van der Waals surface area contributed by atoms with Crippen molar-refractivity contribution in [2.45, 2.75) is 65.7 Å². The highest BCUT2D eigenvalue weighted by Crippen LogP contribution is 2.39. The van der Waals surface area contributed by atoms with Crippen molar-refractivity contribution in [3.05, 3.63) is 22.1 Å². The molecule has 0 unspecified atom stereocenters. The van der Waals surface area contributed by atoms with Crippen molar-refractivity contribution in [1.29, 1.82) is 0 Å². The molecule has 0 aliphatic carbocycles. The molecule has 7 heteroatoms. The van der Waals surface area contributed by atoms with E-state index in [2.05, 4.69) is 25.7 Å². The Morgan fingerprint density at radius 1 is 1.22 bits per heavy atom. The fourth-order valence-corrected chi connectivity index (χ4v) is 5.42. The number of hydrogen-bond acceptors (Lipinski definition) is 6. The van der Waals surface area contributed by atoms with E-state index in [1.165, 1.54) is 28.7 Å². The molecule has 6 nitrogen and oxygen atoms in total.